The number of carbonyl (C=O) groups is 1. The lowest BCUT2D eigenvalue weighted by molar-refractivity contribution is -0.120. The monoisotopic (exact) mass is 428 g/mol. The number of nitrogens with zero attached hydrogens (tertiary/aromatic N) is 1. The van der Waals surface area contributed by atoms with E-state index >= 15 is 0 Å². The van der Waals surface area contributed by atoms with Gasteiger partial charge in [0.2, 0.25) is 5.91 Å². The molecule has 0 saturated carbocycles. The molecule has 0 radical (unpaired) electrons. The molecule has 5 nitrogen and oxygen atoms in total. The zero-order valence-corrected chi connectivity index (χ0v) is 17.9. The molecule has 152 valence electrons. The summed E-state index contributed by atoms with van der Waals surface area (Å²) in [6, 6.07) is 19.6. The Hall–Kier alpha value is -2.64. The minimum absolute atomic E-state index is 0.0745. The quantitative estimate of drug-likeness (QED) is 0.560. The molecule has 3 rings (SSSR count). The van der Waals surface area contributed by atoms with Crippen LogP contribution in [0.2, 0.25) is 0 Å². The van der Waals surface area contributed by atoms with Crippen LogP contribution in [0.1, 0.15) is 16.9 Å². The second kappa shape index (κ2) is 9.71. The highest BCUT2D eigenvalue weighted by atomic mass is 32.2. The van der Waals surface area contributed by atoms with E-state index in [1.165, 1.54) is 9.18 Å². The molecule has 0 saturated heterocycles. The number of hydrogen-bond acceptors (Lipinski definition) is 4. The predicted octanol–water partition coefficient (Wildman–Crippen LogP) is 4.00. The van der Waals surface area contributed by atoms with E-state index in [-0.39, 0.29) is 23.8 Å². The SMILES string of the molecule is Cc1ccc(S(=O)(=O)N(CCC(=O)NCCc2cccs2)c2ccccc2)cc1. The molecule has 0 aliphatic heterocycles. The average molecular weight is 429 g/mol. The molecular weight excluding hydrogens is 404 g/mol. The van der Waals surface area contributed by atoms with Crippen LogP contribution in [-0.2, 0) is 21.2 Å². The van der Waals surface area contributed by atoms with Crippen molar-refractivity contribution in [2.45, 2.75) is 24.7 Å². The van der Waals surface area contributed by atoms with Gasteiger partial charge in [0.05, 0.1) is 10.6 Å². The summed E-state index contributed by atoms with van der Waals surface area (Å²) in [6.07, 6.45) is 0.859. The van der Waals surface area contributed by atoms with Crippen LogP contribution in [0.5, 0.6) is 0 Å². The van der Waals surface area contributed by atoms with Crippen molar-refractivity contribution in [3.05, 3.63) is 82.6 Å². The van der Waals surface area contributed by atoms with E-state index in [0.29, 0.717) is 12.2 Å². The lowest BCUT2D eigenvalue weighted by Gasteiger charge is -2.24. The van der Waals surface area contributed by atoms with E-state index in [1.54, 1.807) is 59.9 Å². The average Bonchev–Trinajstić information content (AvgIpc) is 3.23. The molecule has 0 spiro atoms. The fourth-order valence-electron chi connectivity index (χ4n) is 2.89. The Morgan fingerprint density at radius 1 is 1.00 bits per heavy atom. The Balaban J connectivity index is 1.69. The van der Waals surface area contributed by atoms with Crippen LogP contribution in [-0.4, -0.2) is 27.4 Å². The molecule has 0 atom stereocenters. The number of para-hydroxylation sites is 1. The van der Waals surface area contributed by atoms with Crippen LogP contribution in [0.25, 0.3) is 0 Å². The Morgan fingerprint density at radius 2 is 1.72 bits per heavy atom. The first-order valence-electron chi connectivity index (χ1n) is 9.40. The van der Waals surface area contributed by atoms with Crippen LogP contribution >= 0.6 is 11.3 Å². The molecule has 1 amide bonds. The van der Waals surface area contributed by atoms with Gasteiger partial charge in [-0.15, -0.1) is 11.3 Å². The maximum atomic E-state index is 13.2. The summed E-state index contributed by atoms with van der Waals surface area (Å²) in [5, 5.41) is 4.88. The van der Waals surface area contributed by atoms with Gasteiger partial charge < -0.3 is 5.32 Å². The summed E-state index contributed by atoms with van der Waals surface area (Å²) < 4.78 is 27.7. The molecule has 0 aliphatic carbocycles. The maximum Gasteiger partial charge on any atom is 0.264 e. The lowest BCUT2D eigenvalue weighted by atomic mass is 10.2. The fourth-order valence-corrected chi connectivity index (χ4v) is 5.07. The largest absolute Gasteiger partial charge is 0.356 e. The summed E-state index contributed by atoms with van der Waals surface area (Å²) >= 11 is 1.65. The molecule has 1 aromatic heterocycles. The van der Waals surface area contributed by atoms with Crippen molar-refractivity contribution in [1.82, 2.24) is 5.32 Å². The number of carbonyl (C=O) groups excluding carboxylic acids is 1. The smallest absolute Gasteiger partial charge is 0.264 e. The van der Waals surface area contributed by atoms with Gasteiger partial charge in [-0.05, 0) is 49.1 Å². The second-order valence-corrected chi connectivity index (χ2v) is 9.55. The van der Waals surface area contributed by atoms with Crippen LogP contribution in [0.3, 0.4) is 0 Å². The zero-order valence-electron chi connectivity index (χ0n) is 16.2. The molecule has 0 fully saturated rings. The van der Waals surface area contributed by atoms with E-state index < -0.39 is 10.0 Å². The minimum atomic E-state index is -3.77. The number of benzene rings is 2. The number of sulfonamides is 1. The van der Waals surface area contributed by atoms with Crippen LogP contribution < -0.4 is 9.62 Å². The highest BCUT2D eigenvalue weighted by molar-refractivity contribution is 7.92. The summed E-state index contributed by atoms with van der Waals surface area (Å²) in [4.78, 5) is 13.7. The summed E-state index contributed by atoms with van der Waals surface area (Å²) in [5.41, 5.74) is 1.53. The number of aryl methyl sites for hydroxylation is 1. The van der Waals surface area contributed by atoms with Crippen LogP contribution in [0.15, 0.2) is 77.0 Å². The van der Waals surface area contributed by atoms with Crippen molar-refractivity contribution >= 4 is 33.0 Å². The Kier molecular flexibility index (Phi) is 7.06. The highest BCUT2D eigenvalue weighted by Gasteiger charge is 2.25. The molecule has 7 heteroatoms. The minimum Gasteiger partial charge on any atom is -0.356 e. The van der Waals surface area contributed by atoms with Gasteiger partial charge in [-0.3, -0.25) is 9.10 Å². The predicted molar refractivity (Wildman–Crippen MR) is 118 cm³/mol. The van der Waals surface area contributed by atoms with Gasteiger partial charge in [-0.2, -0.15) is 0 Å². The third kappa shape index (κ3) is 5.68. The van der Waals surface area contributed by atoms with E-state index in [1.807, 2.05) is 30.5 Å². The first-order valence-corrected chi connectivity index (χ1v) is 11.7. The number of anilines is 1. The molecule has 0 aliphatic rings. The second-order valence-electron chi connectivity index (χ2n) is 6.66. The number of amides is 1. The number of nitrogens with one attached hydrogen (secondary N) is 1. The number of rotatable bonds is 9. The van der Waals surface area contributed by atoms with Gasteiger partial charge in [0.1, 0.15) is 0 Å². The van der Waals surface area contributed by atoms with Gasteiger partial charge in [0.25, 0.3) is 10.0 Å². The van der Waals surface area contributed by atoms with Crippen molar-refractivity contribution < 1.29 is 13.2 Å². The summed E-state index contributed by atoms with van der Waals surface area (Å²) in [5.74, 6) is -0.165. The third-order valence-corrected chi connectivity index (χ3v) is 7.25. The van der Waals surface area contributed by atoms with Crippen molar-refractivity contribution in [2.24, 2.45) is 0 Å². The molecule has 0 bridgehead atoms. The lowest BCUT2D eigenvalue weighted by Crippen LogP contribution is -2.35. The van der Waals surface area contributed by atoms with E-state index in [4.69, 9.17) is 0 Å². The zero-order chi connectivity index (χ0) is 20.7. The first kappa shape index (κ1) is 21.1. The Morgan fingerprint density at radius 3 is 2.38 bits per heavy atom. The van der Waals surface area contributed by atoms with Crippen molar-refractivity contribution in [3.63, 3.8) is 0 Å². The van der Waals surface area contributed by atoms with Gasteiger partial charge in [-0.1, -0.05) is 42.0 Å². The Labute approximate surface area is 176 Å². The molecule has 1 N–H and O–H groups in total. The fraction of sp³-hybridized carbons (Fsp3) is 0.227. The van der Waals surface area contributed by atoms with E-state index in [9.17, 15) is 13.2 Å². The molecule has 0 unspecified atom stereocenters. The summed E-state index contributed by atoms with van der Waals surface area (Å²) in [6.45, 7) is 2.52. The molecule has 1 heterocycles. The van der Waals surface area contributed by atoms with Crippen LogP contribution in [0, 0.1) is 6.92 Å². The van der Waals surface area contributed by atoms with Crippen molar-refractivity contribution in [1.29, 1.82) is 0 Å². The van der Waals surface area contributed by atoms with Crippen molar-refractivity contribution in [2.75, 3.05) is 17.4 Å². The van der Waals surface area contributed by atoms with Gasteiger partial charge in [0, 0.05) is 24.4 Å². The number of hydrogen-bond donors (Lipinski definition) is 1. The van der Waals surface area contributed by atoms with Gasteiger partial charge in [-0.25, -0.2) is 8.42 Å². The third-order valence-electron chi connectivity index (χ3n) is 4.47. The van der Waals surface area contributed by atoms with Crippen molar-refractivity contribution in [3.8, 4) is 0 Å². The Bertz CT molecular complexity index is 1020. The summed E-state index contributed by atoms with van der Waals surface area (Å²) in [7, 11) is -3.77. The molecular formula is C22H24N2O3S2. The van der Waals surface area contributed by atoms with E-state index in [2.05, 4.69) is 5.32 Å². The molecule has 2 aromatic carbocycles. The topological polar surface area (TPSA) is 66.5 Å². The first-order chi connectivity index (χ1) is 14.0. The van der Waals surface area contributed by atoms with Gasteiger partial charge in [0.15, 0.2) is 0 Å². The van der Waals surface area contributed by atoms with E-state index in [0.717, 1.165) is 12.0 Å². The highest BCUT2D eigenvalue weighted by Crippen LogP contribution is 2.24. The standard InChI is InChI=1S/C22H24N2O3S2/c1-18-9-11-21(12-10-18)29(26,27)24(19-6-3-2-4-7-19)16-14-22(25)23-15-13-20-8-5-17-28-20/h2-12,17H,13-16H2,1H3,(H,23,25). The van der Waals surface area contributed by atoms with Crippen LogP contribution in [0.4, 0.5) is 5.69 Å². The molecule has 3 aromatic rings. The normalized spacial score (nSPS) is 11.2. The maximum absolute atomic E-state index is 13.2. The molecule has 29 heavy (non-hydrogen) atoms. The van der Waals surface area contributed by atoms with Gasteiger partial charge >= 0.3 is 0 Å². The number of thiophene rings is 1.